The topological polar surface area (TPSA) is 115 Å². The Morgan fingerprint density at radius 3 is 2.63 bits per heavy atom. The number of carbonyl (C=O) groups excluding carboxylic acids is 1. The average molecular weight is 609 g/mol. The summed E-state index contributed by atoms with van der Waals surface area (Å²) in [6.07, 6.45) is 7.03. The SMILES string of the molecule is COC(OC)C(=O)NC(Cc1cccc(-c2nccs2)c1)[C@H](O)CN[C@H]1CC2(CCC2)Oc2ncc(CC(C)(C)C)cc21. The van der Waals surface area contributed by atoms with Gasteiger partial charge in [0.15, 0.2) is 0 Å². The number of aliphatic hydroxyl groups excluding tert-OH is 1. The van der Waals surface area contributed by atoms with E-state index in [0.717, 1.165) is 53.8 Å². The average Bonchev–Trinajstić information content (AvgIpc) is 3.50. The van der Waals surface area contributed by atoms with Gasteiger partial charge in [-0.25, -0.2) is 9.97 Å². The van der Waals surface area contributed by atoms with Gasteiger partial charge >= 0.3 is 0 Å². The van der Waals surface area contributed by atoms with Crippen LogP contribution in [0.25, 0.3) is 10.6 Å². The third-order valence-corrected chi connectivity index (χ3v) is 9.09. The number of aromatic nitrogens is 2. The number of aliphatic hydroxyl groups is 1. The Balaban J connectivity index is 1.35. The van der Waals surface area contributed by atoms with Gasteiger partial charge in [-0.05, 0) is 60.8 Å². The van der Waals surface area contributed by atoms with E-state index in [1.165, 1.54) is 19.8 Å². The summed E-state index contributed by atoms with van der Waals surface area (Å²) in [4.78, 5) is 22.2. The first kappa shape index (κ1) is 31.5. The minimum absolute atomic E-state index is 0.0265. The number of thiazole rings is 1. The molecule has 232 valence electrons. The number of nitrogens with one attached hydrogen (secondary N) is 2. The van der Waals surface area contributed by atoms with E-state index in [1.54, 1.807) is 17.5 Å². The van der Waals surface area contributed by atoms with E-state index in [9.17, 15) is 9.90 Å². The molecule has 3 atom stereocenters. The second-order valence-corrected chi connectivity index (χ2v) is 13.9. The number of benzene rings is 1. The third kappa shape index (κ3) is 7.80. The Bertz CT molecular complexity index is 1370. The van der Waals surface area contributed by atoms with Crippen molar-refractivity contribution in [3.8, 4) is 16.5 Å². The standard InChI is InChI=1S/C33H44N4O5S/c1-32(2,3)17-22-15-24-26(18-33(10-7-11-33)42-29(24)36-19-22)35-20-27(38)25(37-28(39)31(40-4)41-5)16-21-8-6-9-23(14-21)30-34-12-13-43-30/h6,8-9,12-15,19,25-27,31,35,38H,7,10-11,16-18,20H2,1-5H3,(H,37,39)/t25?,26-,27+/m0/s1. The van der Waals surface area contributed by atoms with Crippen LogP contribution in [0.3, 0.4) is 0 Å². The molecule has 1 aromatic carbocycles. The van der Waals surface area contributed by atoms with Crippen LogP contribution < -0.4 is 15.4 Å². The maximum absolute atomic E-state index is 13.0. The van der Waals surface area contributed by atoms with Gasteiger partial charge in [0.25, 0.3) is 5.91 Å². The van der Waals surface area contributed by atoms with Crippen molar-refractivity contribution in [2.75, 3.05) is 20.8 Å². The molecule has 2 aliphatic rings. The lowest BCUT2D eigenvalue weighted by atomic mass is 9.73. The van der Waals surface area contributed by atoms with Gasteiger partial charge in [0.1, 0.15) is 10.6 Å². The van der Waals surface area contributed by atoms with E-state index in [1.807, 2.05) is 29.8 Å². The Labute approximate surface area is 258 Å². The highest BCUT2D eigenvalue weighted by atomic mass is 32.1. The van der Waals surface area contributed by atoms with Crippen LogP contribution in [0, 0.1) is 5.41 Å². The highest BCUT2D eigenvalue weighted by Crippen LogP contribution is 2.48. The maximum atomic E-state index is 13.0. The van der Waals surface area contributed by atoms with Crippen LogP contribution >= 0.6 is 11.3 Å². The van der Waals surface area contributed by atoms with E-state index >= 15 is 0 Å². The Hall–Kier alpha value is -2.89. The Morgan fingerprint density at radius 2 is 1.98 bits per heavy atom. The van der Waals surface area contributed by atoms with Crippen LogP contribution in [0.2, 0.25) is 0 Å². The molecule has 3 N–H and O–H groups in total. The normalized spacial score (nSPS) is 18.9. The quantitative estimate of drug-likeness (QED) is 0.251. The summed E-state index contributed by atoms with van der Waals surface area (Å²) >= 11 is 1.57. The van der Waals surface area contributed by atoms with Crippen LogP contribution in [-0.4, -0.2) is 65.8 Å². The molecule has 9 nitrogen and oxygen atoms in total. The summed E-state index contributed by atoms with van der Waals surface area (Å²) < 4.78 is 16.8. The van der Waals surface area contributed by atoms with Crippen molar-refractivity contribution in [2.24, 2.45) is 5.41 Å². The molecule has 10 heteroatoms. The predicted octanol–water partition coefficient (Wildman–Crippen LogP) is 4.84. The molecule has 1 aliphatic carbocycles. The smallest absolute Gasteiger partial charge is 0.277 e. The molecule has 0 bridgehead atoms. The molecule has 1 unspecified atom stereocenters. The van der Waals surface area contributed by atoms with E-state index in [4.69, 9.17) is 19.2 Å². The largest absolute Gasteiger partial charge is 0.471 e. The molecule has 43 heavy (non-hydrogen) atoms. The van der Waals surface area contributed by atoms with Gasteiger partial charge in [-0.3, -0.25) is 4.79 Å². The van der Waals surface area contributed by atoms with Gasteiger partial charge in [0.2, 0.25) is 12.2 Å². The summed E-state index contributed by atoms with van der Waals surface area (Å²) in [5.41, 5.74) is 4.10. The van der Waals surface area contributed by atoms with Crippen LogP contribution in [-0.2, 0) is 27.1 Å². The molecule has 1 saturated carbocycles. The number of methoxy groups -OCH3 is 2. The molecule has 1 fully saturated rings. The van der Waals surface area contributed by atoms with Gasteiger partial charge in [0.05, 0.1) is 12.1 Å². The number of fused-ring (bicyclic) bond motifs is 1. The number of carbonyl (C=O) groups is 1. The number of hydrogen-bond acceptors (Lipinski definition) is 9. The van der Waals surface area contributed by atoms with Crippen molar-refractivity contribution in [3.05, 3.63) is 64.8 Å². The van der Waals surface area contributed by atoms with Crippen LogP contribution in [0.15, 0.2) is 48.1 Å². The second-order valence-electron chi connectivity index (χ2n) is 13.0. The summed E-state index contributed by atoms with van der Waals surface area (Å²) in [7, 11) is 2.83. The van der Waals surface area contributed by atoms with Crippen molar-refractivity contribution >= 4 is 17.2 Å². The molecule has 1 amide bonds. The van der Waals surface area contributed by atoms with Gasteiger partial charge in [-0.15, -0.1) is 11.3 Å². The zero-order valence-corrected chi connectivity index (χ0v) is 26.6. The van der Waals surface area contributed by atoms with Gasteiger partial charge < -0.3 is 30.0 Å². The zero-order chi connectivity index (χ0) is 30.6. The fourth-order valence-electron chi connectivity index (χ4n) is 6.05. The van der Waals surface area contributed by atoms with E-state index in [-0.39, 0.29) is 23.6 Å². The van der Waals surface area contributed by atoms with E-state index in [2.05, 4.69) is 48.5 Å². The first-order valence-corrected chi connectivity index (χ1v) is 15.9. The number of hydrogen-bond donors (Lipinski definition) is 3. The van der Waals surface area contributed by atoms with E-state index < -0.39 is 24.3 Å². The third-order valence-electron chi connectivity index (χ3n) is 8.27. The van der Waals surface area contributed by atoms with Gasteiger partial charge in [-0.2, -0.15) is 0 Å². The highest BCUT2D eigenvalue weighted by molar-refractivity contribution is 7.13. The number of pyridine rings is 1. The van der Waals surface area contributed by atoms with Crippen molar-refractivity contribution in [3.63, 3.8) is 0 Å². The van der Waals surface area contributed by atoms with Crippen LogP contribution in [0.4, 0.5) is 0 Å². The first-order chi connectivity index (χ1) is 20.6. The fourth-order valence-corrected chi connectivity index (χ4v) is 6.68. The van der Waals surface area contributed by atoms with Gasteiger partial charge in [-0.1, -0.05) is 39.0 Å². The molecule has 0 saturated heterocycles. The molecule has 2 aromatic heterocycles. The lowest BCUT2D eigenvalue weighted by Gasteiger charge is -2.47. The lowest BCUT2D eigenvalue weighted by molar-refractivity contribution is -0.160. The zero-order valence-electron chi connectivity index (χ0n) is 25.8. The van der Waals surface area contributed by atoms with Crippen molar-refractivity contribution in [1.29, 1.82) is 0 Å². The molecule has 1 spiro atoms. The monoisotopic (exact) mass is 608 g/mol. The Morgan fingerprint density at radius 1 is 1.19 bits per heavy atom. The highest BCUT2D eigenvalue weighted by Gasteiger charge is 2.46. The molecule has 0 radical (unpaired) electrons. The summed E-state index contributed by atoms with van der Waals surface area (Å²) in [6, 6.07) is 9.62. The molecular formula is C33H44N4O5S. The van der Waals surface area contributed by atoms with Crippen LogP contribution in [0.5, 0.6) is 5.88 Å². The second kappa shape index (κ2) is 13.4. The van der Waals surface area contributed by atoms with Crippen molar-refractivity contribution < 1.29 is 24.1 Å². The Kier molecular flexibility index (Phi) is 9.83. The maximum Gasteiger partial charge on any atom is 0.277 e. The van der Waals surface area contributed by atoms with Crippen molar-refractivity contribution in [2.45, 2.75) is 89.4 Å². The number of ether oxygens (including phenoxy) is 3. The molecule has 1 aliphatic heterocycles. The fraction of sp³-hybridized carbons (Fsp3) is 0.545. The predicted molar refractivity (Wildman–Crippen MR) is 167 cm³/mol. The molecule has 5 rings (SSSR count). The number of rotatable bonds is 12. The van der Waals surface area contributed by atoms with Crippen molar-refractivity contribution in [1.82, 2.24) is 20.6 Å². The summed E-state index contributed by atoms with van der Waals surface area (Å²) in [6.45, 7) is 6.93. The minimum Gasteiger partial charge on any atom is -0.471 e. The minimum atomic E-state index is -1.07. The summed E-state index contributed by atoms with van der Waals surface area (Å²) in [5.74, 6) is 0.244. The number of amides is 1. The van der Waals surface area contributed by atoms with Crippen LogP contribution in [0.1, 0.15) is 69.2 Å². The number of nitrogens with zero attached hydrogens (tertiary/aromatic N) is 2. The molecule has 3 aromatic rings. The molecule has 3 heterocycles. The first-order valence-electron chi connectivity index (χ1n) is 15.0. The van der Waals surface area contributed by atoms with Gasteiger partial charge in [0, 0.05) is 62.1 Å². The van der Waals surface area contributed by atoms with E-state index in [0.29, 0.717) is 12.3 Å². The summed E-state index contributed by atoms with van der Waals surface area (Å²) in [5, 5.41) is 21.0. The lowest BCUT2D eigenvalue weighted by Crippen LogP contribution is -2.53. The molecular weight excluding hydrogens is 564 g/mol.